The van der Waals surface area contributed by atoms with E-state index >= 15 is 0 Å². The van der Waals surface area contributed by atoms with E-state index in [2.05, 4.69) is 9.98 Å². The monoisotopic (exact) mass is 273 g/mol. The Kier molecular flexibility index (Phi) is 5.31. The molecule has 0 unspecified atom stereocenters. The molecular formula is C12H20FN3OS. The Hall–Kier alpha value is -0.910. The van der Waals surface area contributed by atoms with Crippen LogP contribution in [0.5, 0.6) is 0 Å². The first-order valence-electron chi connectivity index (χ1n) is 5.95. The molecule has 102 valence electrons. The number of halogens is 1. The summed E-state index contributed by atoms with van der Waals surface area (Å²) in [5, 5.41) is 0.581. The second-order valence-corrected chi connectivity index (χ2v) is 5.34. The standard InChI is InChI=1S/C12H20FN3OS/c1-9(15-11(14-3)18-4)16(8-17)10-6-5-7-12(10,2)13/h8,10H,5-7H2,1-4H3/t10-,12+/m1/s1. The van der Waals surface area contributed by atoms with Crippen LogP contribution in [-0.2, 0) is 4.79 Å². The lowest BCUT2D eigenvalue weighted by Gasteiger charge is -2.31. The van der Waals surface area contributed by atoms with Crippen LogP contribution in [0.4, 0.5) is 4.39 Å². The first kappa shape index (κ1) is 15.1. The van der Waals surface area contributed by atoms with E-state index in [-0.39, 0.29) is 0 Å². The molecule has 0 aliphatic heterocycles. The average Bonchev–Trinajstić information content (AvgIpc) is 2.67. The zero-order chi connectivity index (χ0) is 13.8. The predicted molar refractivity (Wildman–Crippen MR) is 75.0 cm³/mol. The van der Waals surface area contributed by atoms with Gasteiger partial charge in [0.1, 0.15) is 11.5 Å². The maximum Gasteiger partial charge on any atom is 0.215 e. The van der Waals surface area contributed by atoms with Crippen molar-refractivity contribution in [2.45, 2.75) is 44.8 Å². The number of thioether (sulfide) groups is 1. The lowest BCUT2D eigenvalue weighted by Crippen LogP contribution is -2.46. The minimum absolute atomic E-state index is 0.418. The summed E-state index contributed by atoms with van der Waals surface area (Å²) >= 11 is 1.39. The molecular weight excluding hydrogens is 253 g/mol. The highest BCUT2D eigenvalue weighted by atomic mass is 32.2. The maximum absolute atomic E-state index is 14.3. The number of hydrogen-bond acceptors (Lipinski definition) is 3. The molecule has 0 aromatic heterocycles. The van der Waals surface area contributed by atoms with Gasteiger partial charge >= 0.3 is 0 Å². The molecule has 6 heteroatoms. The third-order valence-electron chi connectivity index (χ3n) is 3.29. The van der Waals surface area contributed by atoms with Gasteiger partial charge in [0.25, 0.3) is 0 Å². The van der Waals surface area contributed by atoms with Gasteiger partial charge in [0.15, 0.2) is 5.17 Å². The van der Waals surface area contributed by atoms with Gasteiger partial charge in [0.2, 0.25) is 6.41 Å². The molecule has 1 fully saturated rings. The molecule has 1 rings (SSSR count). The van der Waals surface area contributed by atoms with Crippen LogP contribution in [0.1, 0.15) is 33.1 Å². The van der Waals surface area contributed by atoms with Crippen LogP contribution < -0.4 is 0 Å². The lowest BCUT2D eigenvalue weighted by molar-refractivity contribution is -0.118. The molecule has 0 N–H and O–H groups in total. The van der Waals surface area contributed by atoms with E-state index in [9.17, 15) is 9.18 Å². The van der Waals surface area contributed by atoms with Gasteiger partial charge in [-0.25, -0.2) is 9.38 Å². The van der Waals surface area contributed by atoms with Crippen LogP contribution in [0, 0.1) is 0 Å². The fourth-order valence-electron chi connectivity index (χ4n) is 2.30. The molecule has 0 spiro atoms. The third kappa shape index (κ3) is 3.31. The predicted octanol–water partition coefficient (Wildman–Crippen LogP) is 2.49. The van der Waals surface area contributed by atoms with Gasteiger partial charge in [-0.05, 0) is 39.4 Å². The minimum Gasteiger partial charge on any atom is -0.297 e. The number of amides is 1. The fourth-order valence-corrected chi connectivity index (χ4v) is 2.70. The van der Waals surface area contributed by atoms with Crippen molar-refractivity contribution in [3.8, 4) is 0 Å². The second-order valence-electron chi connectivity index (χ2n) is 4.57. The van der Waals surface area contributed by atoms with E-state index in [1.54, 1.807) is 20.9 Å². The summed E-state index contributed by atoms with van der Waals surface area (Å²) in [6.45, 7) is 3.27. The number of carbonyl (C=O) groups is 1. The van der Waals surface area contributed by atoms with E-state index in [1.165, 1.54) is 16.7 Å². The Morgan fingerprint density at radius 2 is 2.28 bits per heavy atom. The zero-order valence-corrected chi connectivity index (χ0v) is 12.1. The molecule has 0 aromatic rings. The van der Waals surface area contributed by atoms with E-state index < -0.39 is 11.7 Å². The maximum atomic E-state index is 14.3. The number of nitrogens with zero attached hydrogens (tertiary/aromatic N) is 3. The van der Waals surface area contributed by atoms with Gasteiger partial charge in [-0.2, -0.15) is 0 Å². The molecule has 0 saturated heterocycles. The summed E-state index contributed by atoms with van der Waals surface area (Å²) in [6.07, 6.45) is 4.50. The van der Waals surface area contributed by atoms with Crippen LogP contribution in [-0.4, -0.2) is 47.3 Å². The number of amidine groups is 2. The van der Waals surface area contributed by atoms with Crippen molar-refractivity contribution in [2.75, 3.05) is 13.3 Å². The number of aliphatic imine (C=N–C) groups is 2. The van der Waals surface area contributed by atoms with Crippen LogP contribution in [0.2, 0.25) is 0 Å². The smallest absolute Gasteiger partial charge is 0.215 e. The van der Waals surface area contributed by atoms with Gasteiger partial charge in [-0.1, -0.05) is 11.8 Å². The van der Waals surface area contributed by atoms with Gasteiger partial charge < -0.3 is 0 Å². The molecule has 18 heavy (non-hydrogen) atoms. The highest BCUT2D eigenvalue weighted by molar-refractivity contribution is 8.13. The summed E-state index contributed by atoms with van der Waals surface area (Å²) in [5.74, 6) is 0.496. The van der Waals surface area contributed by atoms with Crippen LogP contribution in [0.15, 0.2) is 9.98 Å². The van der Waals surface area contributed by atoms with E-state index in [0.29, 0.717) is 30.3 Å². The van der Waals surface area contributed by atoms with Crippen molar-refractivity contribution in [3.05, 3.63) is 0 Å². The molecule has 0 aromatic carbocycles. The molecule has 1 aliphatic rings. The molecule has 1 amide bonds. The molecule has 1 saturated carbocycles. The highest BCUT2D eigenvalue weighted by Crippen LogP contribution is 2.36. The Labute approximate surface area is 112 Å². The largest absolute Gasteiger partial charge is 0.297 e. The third-order valence-corrected chi connectivity index (χ3v) is 3.93. The van der Waals surface area contributed by atoms with Crippen LogP contribution in [0.3, 0.4) is 0 Å². The lowest BCUT2D eigenvalue weighted by atomic mass is 10.0. The summed E-state index contributed by atoms with van der Waals surface area (Å²) in [5.41, 5.74) is -1.33. The first-order chi connectivity index (χ1) is 8.46. The van der Waals surface area contributed by atoms with E-state index in [4.69, 9.17) is 0 Å². The van der Waals surface area contributed by atoms with Crippen molar-refractivity contribution in [1.29, 1.82) is 0 Å². The van der Waals surface area contributed by atoms with Gasteiger partial charge in [0.05, 0.1) is 6.04 Å². The van der Waals surface area contributed by atoms with Crippen molar-refractivity contribution >= 4 is 29.2 Å². The quantitative estimate of drug-likeness (QED) is 0.441. The molecule has 0 radical (unpaired) electrons. The number of rotatable bonds is 2. The Morgan fingerprint density at radius 1 is 1.61 bits per heavy atom. The first-order valence-corrected chi connectivity index (χ1v) is 7.17. The second kappa shape index (κ2) is 6.31. The van der Waals surface area contributed by atoms with Crippen molar-refractivity contribution in [3.63, 3.8) is 0 Å². The normalized spacial score (nSPS) is 29.5. The van der Waals surface area contributed by atoms with Crippen LogP contribution >= 0.6 is 11.8 Å². The molecule has 0 heterocycles. The minimum atomic E-state index is -1.33. The SMILES string of the molecule is CN=C(N=C(C)N(C=O)[C@@H]1CCC[C@]1(C)F)SC. The summed E-state index contributed by atoms with van der Waals surface area (Å²) in [6, 6.07) is -0.418. The molecule has 2 atom stereocenters. The van der Waals surface area contributed by atoms with Gasteiger partial charge in [-0.15, -0.1) is 0 Å². The van der Waals surface area contributed by atoms with Crippen molar-refractivity contribution in [2.24, 2.45) is 9.98 Å². The highest BCUT2D eigenvalue weighted by Gasteiger charge is 2.43. The van der Waals surface area contributed by atoms with Gasteiger partial charge in [0, 0.05) is 7.05 Å². The Balaban J connectivity index is 2.93. The Morgan fingerprint density at radius 3 is 2.67 bits per heavy atom. The van der Waals surface area contributed by atoms with E-state index in [1.807, 2.05) is 6.26 Å². The van der Waals surface area contributed by atoms with Crippen molar-refractivity contribution in [1.82, 2.24) is 4.90 Å². The molecule has 0 bridgehead atoms. The fraction of sp³-hybridized carbons (Fsp3) is 0.750. The molecule has 4 nitrogen and oxygen atoms in total. The number of alkyl halides is 1. The summed E-state index contributed by atoms with van der Waals surface area (Å²) in [4.78, 5) is 20.8. The van der Waals surface area contributed by atoms with Crippen molar-refractivity contribution < 1.29 is 9.18 Å². The van der Waals surface area contributed by atoms with E-state index in [0.717, 1.165) is 6.42 Å². The Bertz CT molecular complexity index is 368. The summed E-state index contributed by atoms with van der Waals surface area (Å²) in [7, 11) is 1.64. The number of hydrogen-bond donors (Lipinski definition) is 0. The number of carbonyl (C=O) groups excluding carboxylic acids is 1. The van der Waals surface area contributed by atoms with Gasteiger partial charge in [-0.3, -0.25) is 14.7 Å². The molecule has 1 aliphatic carbocycles. The topological polar surface area (TPSA) is 45.0 Å². The van der Waals surface area contributed by atoms with Crippen LogP contribution in [0.25, 0.3) is 0 Å². The summed E-state index contributed by atoms with van der Waals surface area (Å²) < 4.78 is 14.3. The average molecular weight is 273 g/mol. The zero-order valence-electron chi connectivity index (χ0n) is 11.3.